The first-order chi connectivity index (χ1) is 11.1. The van der Waals surface area contributed by atoms with Crippen LogP contribution in [0.1, 0.15) is 30.7 Å². The highest BCUT2D eigenvalue weighted by Gasteiger charge is 2.46. The Hall–Kier alpha value is -0.480. The van der Waals surface area contributed by atoms with Gasteiger partial charge in [0, 0.05) is 29.1 Å². The number of benzene rings is 1. The van der Waals surface area contributed by atoms with Crippen molar-refractivity contribution in [1.82, 2.24) is 10.2 Å². The van der Waals surface area contributed by atoms with Crippen molar-refractivity contribution in [2.24, 2.45) is 17.8 Å². The van der Waals surface area contributed by atoms with E-state index in [1.54, 1.807) is 6.07 Å². The molecule has 6 heteroatoms. The normalized spacial score (nSPS) is 31.8. The van der Waals surface area contributed by atoms with Crippen LogP contribution in [0.5, 0.6) is 0 Å². The fourth-order valence-electron chi connectivity index (χ4n) is 4.30. The number of rotatable bonds is 2. The molecule has 132 valence electrons. The summed E-state index contributed by atoms with van der Waals surface area (Å²) in [6.07, 6.45) is 3.22. The van der Waals surface area contributed by atoms with E-state index in [2.05, 4.69) is 10.2 Å². The molecule has 2 saturated heterocycles. The molecule has 0 bridgehead atoms. The molecule has 3 nitrogen and oxygen atoms in total. The molecule has 0 aromatic heterocycles. The van der Waals surface area contributed by atoms with Gasteiger partial charge in [-0.15, -0.1) is 12.4 Å². The molecule has 1 aromatic carbocycles. The Bertz CT molecular complexity index is 590. The summed E-state index contributed by atoms with van der Waals surface area (Å²) in [6, 6.07) is 5.64. The zero-order valence-corrected chi connectivity index (χ0v) is 15.8. The Labute approximate surface area is 159 Å². The van der Waals surface area contributed by atoms with Crippen LogP contribution in [0, 0.1) is 17.8 Å². The van der Waals surface area contributed by atoms with Crippen LogP contribution in [0.4, 0.5) is 0 Å². The number of nitrogens with one attached hydrogen (secondary N) is 1. The molecule has 4 atom stereocenters. The number of hydrogen-bond donors (Lipinski definition) is 1. The summed E-state index contributed by atoms with van der Waals surface area (Å²) >= 11 is 12.2. The minimum atomic E-state index is 0. The largest absolute Gasteiger partial charge is 0.342 e. The van der Waals surface area contributed by atoms with Crippen molar-refractivity contribution in [3.05, 3.63) is 33.8 Å². The van der Waals surface area contributed by atoms with Crippen LogP contribution in [-0.2, 0) is 4.79 Å². The van der Waals surface area contributed by atoms with Crippen LogP contribution in [0.25, 0.3) is 0 Å². The Kier molecular flexibility index (Phi) is 5.65. The lowest BCUT2D eigenvalue weighted by molar-refractivity contribution is -0.132. The number of fused-ring (bicyclic) bond motifs is 1. The maximum atomic E-state index is 12.8. The predicted octanol–water partition coefficient (Wildman–Crippen LogP) is 3.98. The average molecular weight is 390 g/mol. The van der Waals surface area contributed by atoms with Crippen LogP contribution in [0.3, 0.4) is 0 Å². The summed E-state index contributed by atoms with van der Waals surface area (Å²) in [4.78, 5) is 14.9. The number of nitrogens with zero attached hydrogens (tertiary/aromatic N) is 1. The van der Waals surface area contributed by atoms with Crippen LogP contribution in [-0.4, -0.2) is 37.0 Å². The molecule has 1 saturated carbocycles. The molecule has 1 aromatic rings. The third-order valence-corrected chi connectivity index (χ3v) is 6.19. The number of carbonyl (C=O) groups is 1. The first kappa shape index (κ1) is 18.3. The molecule has 2 heterocycles. The van der Waals surface area contributed by atoms with E-state index >= 15 is 0 Å². The third kappa shape index (κ3) is 3.70. The van der Waals surface area contributed by atoms with Crippen LogP contribution in [0.15, 0.2) is 18.2 Å². The molecule has 3 fully saturated rings. The van der Waals surface area contributed by atoms with Gasteiger partial charge in [0.15, 0.2) is 0 Å². The highest BCUT2D eigenvalue weighted by Crippen LogP contribution is 2.49. The maximum absolute atomic E-state index is 12.8. The Morgan fingerprint density at radius 1 is 1.04 bits per heavy atom. The highest BCUT2D eigenvalue weighted by molar-refractivity contribution is 6.34. The second-order valence-corrected chi connectivity index (χ2v) is 8.11. The zero-order chi connectivity index (χ0) is 16.0. The first-order valence-corrected chi connectivity index (χ1v) is 9.33. The van der Waals surface area contributed by atoms with Gasteiger partial charge in [0.2, 0.25) is 5.91 Å². The molecule has 1 amide bonds. The number of amides is 1. The number of halogens is 3. The SMILES string of the molecule is Cl.O=C(C1CC1c1cc(Cl)cc(Cl)c1)N1CC[C@@H]2CNC[C@@H]2CC1. The smallest absolute Gasteiger partial charge is 0.226 e. The number of carbonyl (C=O) groups excluding carboxylic acids is 1. The fraction of sp³-hybridized carbons (Fsp3) is 0.611. The van der Waals surface area contributed by atoms with E-state index in [1.807, 2.05) is 12.1 Å². The molecule has 3 aliphatic rings. The van der Waals surface area contributed by atoms with E-state index in [-0.39, 0.29) is 18.3 Å². The van der Waals surface area contributed by atoms with E-state index in [0.717, 1.165) is 62.8 Å². The second-order valence-electron chi connectivity index (χ2n) is 7.23. The predicted molar refractivity (Wildman–Crippen MR) is 100 cm³/mol. The summed E-state index contributed by atoms with van der Waals surface area (Å²) in [5.74, 6) is 2.27. The average Bonchev–Trinajstić information content (AvgIpc) is 3.24. The molecule has 1 N–H and O–H groups in total. The summed E-state index contributed by atoms with van der Waals surface area (Å²) in [7, 11) is 0. The van der Waals surface area contributed by atoms with Gasteiger partial charge in [-0.05, 0) is 73.9 Å². The van der Waals surface area contributed by atoms with E-state index in [4.69, 9.17) is 23.2 Å². The van der Waals surface area contributed by atoms with Crippen molar-refractivity contribution < 1.29 is 4.79 Å². The van der Waals surface area contributed by atoms with E-state index in [1.165, 1.54) is 0 Å². The molecule has 4 rings (SSSR count). The van der Waals surface area contributed by atoms with E-state index in [0.29, 0.717) is 21.9 Å². The molecular formula is C18H23Cl3N2O. The van der Waals surface area contributed by atoms with Crippen molar-refractivity contribution in [3.63, 3.8) is 0 Å². The topological polar surface area (TPSA) is 32.3 Å². The van der Waals surface area contributed by atoms with Gasteiger partial charge >= 0.3 is 0 Å². The van der Waals surface area contributed by atoms with Crippen molar-refractivity contribution >= 4 is 41.5 Å². The van der Waals surface area contributed by atoms with Crippen molar-refractivity contribution in [2.45, 2.75) is 25.2 Å². The molecule has 0 spiro atoms. The summed E-state index contributed by atoms with van der Waals surface area (Å²) in [5.41, 5.74) is 1.11. The van der Waals surface area contributed by atoms with Crippen LogP contribution < -0.4 is 5.32 Å². The van der Waals surface area contributed by atoms with Gasteiger partial charge in [0.1, 0.15) is 0 Å². The molecule has 0 radical (unpaired) electrons. The Morgan fingerprint density at radius 2 is 1.62 bits per heavy atom. The van der Waals surface area contributed by atoms with Gasteiger partial charge < -0.3 is 10.2 Å². The zero-order valence-electron chi connectivity index (χ0n) is 13.5. The summed E-state index contributed by atoms with van der Waals surface area (Å²) < 4.78 is 0. The number of hydrogen-bond acceptors (Lipinski definition) is 2. The van der Waals surface area contributed by atoms with Crippen molar-refractivity contribution in [3.8, 4) is 0 Å². The van der Waals surface area contributed by atoms with E-state index in [9.17, 15) is 4.79 Å². The lowest BCUT2D eigenvalue weighted by Gasteiger charge is -2.21. The van der Waals surface area contributed by atoms with Crippen LogP contribution in [0.2, 0.25) is 10.0 Å². The lowest BCUT2D eigenvalue weighted by Crippen LogP contribution is -2.34. The fourth-order valence-corrected chi connectivity index (χ4v) is 4.84. The first-order valence-electron chi connectivity index (χ1n) is 8.57. The quantitative estimate of drug-likeness (QED) is 0.830. The molecule has 2 unspecified atom stereocenters. The van der Waals surface area contributed by atoms with Gasteiger partial charge in [0.05, 0.1) is 0 Å². The third-order valence-electron chi connectivity index (χ3n) is 5.75. The summed E-state index contributed by atoms with van der Waals surface area (Å²) in [5, 5.41) is 4.79. The van der Waals surface area contributed by atoms with Gasteiger partial charge in [-0.1, -0.05) is 23.2 Å². The molecule has 24 heavy (non-hydrogen) atoms. The molecule has 1 aliphatic carbocycles. The van der Waals surface area contributed by atoms with Crippen molar-refractivity contribution in [2.75, 3.05) is 26.2 Å². The second kappa shape index (κ2) is 7.41. The summed E-state index contributed by atoms with van der Waals surface area (Å²) in [6.45, 7) is 4.09. The molecule has 2 aliphatic heterocycles. The lowest BCUT2D eigenvalue weighted by atomic mass is 9.92. The maximum Gasteiger partial charge on any atom is 0.226 e. The monoisotopic (exact) mass is 388 g/mol. The molecular weight excluding hydrogens is 367 g/mol. The minimum Gasteiger partial charge on any atom is -0.342 e. The van der Waals surface area contributed by atoms with Gasteiger partial charge in [-0.3, -0.25) is 4.79 Å². The Morgan fingerprint density at radius 3 is 2.21 bits per heavy atom. The van der Waals surface area contributed by atoms with Gasteiger partial charge in [-0.25, -0.2) is 0 Å². The highest BCUT2D eigenvalue weighted by atomic mass is 35.5. The number of likely N-dealkylation sites (tertiary alicyclic amines) is 1. The van der Waals surface area contributed by atoms with Gasteiger partial charge in [-0.2, -0.15) is 0 Å². The Balaban J connectivity index is 0.00000169. The van der Waals surface area contributed by atoms with E-state index < -0.39 is 0 Å². The van der Waals surface area contributed by atoms with Gasteiger partial charge in [0.25, 0.3) is 0 Å². The standard InChI is InChI=1S/C18H22Cl2N2O.ClH/c19-14-5-13(6-15(20)7-14)16-8-17(16)18(23)22-3-1-11-9-21-10-12(11)2-4-22;/h5-7,11-12,16-17,21H,1-4,8-10H2;1H/t11-,12+,16?,17?;. The van der Waals surface area contributed by atoms with Crippen LogP contribution >= 0.6 is 35.6 Å². The minimum absolute atomic E-state index is 0. The van der Waals surface area contributed by atoms with Crippen molar-refractivity contribution in [1.29, 1.82) is 0 Å².